The third kappa shape index (κ3) is 2.21. The van der Waals surface area contributed by atoms with Gasteiger partial charge in [-0.1, -0.05) is 13.8 Å². The Morgan fingerprint density at radius 2 is 2.07 bits per heavy atom. The molecule has 1 atom stereocenters. The fraction of sp³-hybridized carbons (Fsp3) is 0.600. The van der Waals surface area contributed by atoms with Crippen molar-refractivity contribution < 1.29 is 0 Å². The van der Waals surface area contributed by atoms with Crippen LogP contribution in [0.2, 0.25) is 0 Å². The predicted octanol–water partition coefficient (Wildman–Crippen LogP) is 2.08. The molecule has 0 saturated heterocycles. The van der Waals surface area contributed by atoms with Crippen LogP contribution in [-0.4, -0.2) is 17.5 Å². The Morgan fingerprint density at radius 3 is 2.53 bits per heavy atom. The molecule has 0 aliphatic carbocycles. The fourth-order valence-corrected chi connectivity index (χ4v) is 2.08. The van der Waals surface area contributed by atoms with Crippen molar-refractivity contribution in [3.05, 3.63) is 5.56 Å². The Hall–Kier alpha value is -1.28. The van der Waals surface area contributed by atoms with Gasteiger partial charge in [-0.3, -0.25) is 0 Å². The highest BCUT2D eigenvalue weighted by Crippen LogP contribution is 2.31. The zero-order chi connectivity index (χ0) is 11.6. The summed E-state index contributed by atoms with van der Waals surface area (Å²) in [4.78, 5) is 2.07. The van der Waals surface area contributed by atoms with E-state index in [-0.39, 0.29) is 0 Å². The number of rotatable bonds is 3. The summed E-state index contributed by atoms with van der Waals surface area (Å²) >= 11 is 1.28. The number of nitrogen functional groups attached to an aromatic ring is 1. The second-order valence-corrected chi connectivity index (χ2v) is 4.71. The van der Waals surface area contributed by atoms with E-state index in [2.05, 4.69) is 36.1 Å². The smallest absolute Gasteiger partial charge is 0.157 e. The first-order valence-electron chi connectivity index (χ1n) is 4.87. The molecule has 1 aromatic rings. The van der Waals surface area contributed by atoms with Gasteiger partial charge in [0, 0.05) is 13.1 Å². The number of hydrogen-bond donors (Lipinski definition) is 1. The van der Waals surface area contributed by atoms with Crippen molar-refractivity contribution in [1.82, 2.24) is 4.37 Å². The van der Waals surface area contributed by atoms with E-state index in [9.17, 15) is 0 Å². The van der Waals surface area contributed by atoms with E-state index in [1.807, 2.05) is 7.05 Å². The summed E-state index contributed by atoms with van der Waals surface area (Å²) in [5.74, 6) is 0.852. The molecular weight excluding hydrogens is 208 g/mol. The van der Waals surface area contributed by atoms with E-state index in [0.717, 1.165) is 5.00 Å². The number of anilines is 2. The summed E-state index contributed by atoms with van der Waals surface area (Å²) < 4.78 is 4.01. The van der Waals surface area contributed by atoms with Crippen LogP contribution in [0.5, 0.6) is 0 Å². The van der Waals surface area contributed by atoms with Gasteiger partial charge in [-0.25, -0.2) is 0 Å². The molecule has 1 heterocycles. The number of nitriles is 1. The summed E-state index contributed by atoms with van der Waals surface area (Å²) in [7, 11) is 1.97. The molecule has 4 nitrogen and oxygen atoms in total. The first-order valence-corrected chi connectivity index (χ1v) is 5.64. The van der Waals surface area contributed by atoms with Gasteiger partial charge in [0.05, 0.1) is 0 Å². The van der Waals surface area contributed by atoms with Crippen molar-refractivity contribution in [3.63, 3.8) is 0 Å². The molecule has 0 radical (unpaired) electrons. The summed E-state index contributed by atoms with van der Waals surface area (Å²) in [5.41, 5.74) is 6.11. The van der Waals surface area contributed by atoms with Gasteiger partial charge in [-0.05, 0) is 24.4 Å². The minimum Gasteiger partial charge on any atom is -0.382 e. The molecule has 0 bridgehead atoms. The van der Waals surface area contributed by atoms with Crippen molar-refractivity contribution in [3.8, 4) is 6.07 Å². The molecule has 1 aromatic heterocycles. The molecule has 0 aliphatic heterocycles. The quantitative estimate of drug-likeness (QED) is 0.853. The standard InChI is InChI=1S/C10H16N4S/c1-6(2)7(3)14(4)10-8(5-11)9(12)13-15-10/h6-7H,1-4H3,(H2,12,13). The molecule has 2 N–H and O–H groups in total. The second kappa shape index (κ2) is 4.49. The molecule has 0 aromatic carbocycles. The molecule has 0 amide bonds. The molecule has 0 aliphatic rings. The highest BCUT2D eigenvalue weighted by molar-refractivity contribution is 7.10. The Bertz CT molecular complexity index is 377. The Balaban J connectivity index is 3.02. The van der Waals surface area contributed by atoms with Crippen molar-refractivity contribution in [2.24, 2.45) is 5.92 Å². The third-order valence-corrected chi connectivity index (χ3v) is 3.66. The van der Waals surface area contributed by atoms with Crippen molar-refractivity contribution in [2.45, 2.75) is 26.8 Å². The van der Waals surface area contributed by atoms with Crippen molar-refractivity contribution in [1.29, 1.82) is 5.26 Å². The summed E-state index contributed by atoms with van der Waals surface area (Å²) in [5, 5.41) is 9.83. The zero-order valence-corrected chi connectivity index (χ0v) is 10.3. The summed E-state index contributed by atoms with van der Waals surface area (Å²) in [6.07, 6.45) is 0. The van der Waals surface area contributed by atoms with Gasteiger partial charge in [-0.2, -0.15) is 9.64 Å². The van der Waals surface area contributed by atoms with E-state index in [4.69, 9.17) is 11.0 Å². The normalized spacial score (nSPS) is 12.5. The van der Waals surface area contributed by atoms with E-state index < -0.39 is 0 Å². The molecule has 0 saturated carbocycles. The number of aromatic nitrogens is 1. The minimum absolute atomic E-state index is 0.334. The van der Waals surface area contributed by atoms with Crippen molar-refractivity contribution >= 4 is 22.4 Å². The first-order chi connectivity index (χ1) is 6.99. The van der Waals surface area contributed by atoms with Crippen LogP contribution in [-0.2, 0) is 0 Å². The Morgan fingerprint density at radius 1 is 1.47 bits per heavy atom. The highest BCUT2D eigenvalue weighted by atomic mass is 32.1. The number of nitrogens with zero attached hydrogens (tertiary/aromatic N) is 3. The molecular formula is C10H16N4S. The maximum Gasteiger partial charge on any atom is 0.157 e. The molecule has 1 unspecified atom stereocenters. The van der Waals surface area contributed by atoms with E-state index in [0.29, 0.717) is 23.3 Å². The lowest BCUT2D eigenvalue weighted by molar-refractivity contribution is 0.507. The molecule has 5 heteroatoms. The van der Waals surface area contributed by atoms with E-state index >= 15 is 0 Å². The van der Waals surface area contributed by atoms with Gasteiger partial charge < -0.3 is 10.6 Å². The first kappa shape index (κ1) is 11.8. The monoisotopic (exact) mass is 224 g/mol. The van der Waals surface area contributed by atoms with Crippen LogP contribution < -0.4 is 10.6 Å². The van der Waals surface area contributed by atoms with E-state index in [1.54, 1.807) is 0 Å². The van der Waals surface area contributed by atoms with Crippen LogP contribution in [0.15, 0.2) is 0 Å². The van der Waals surface area contributed by atoms with Crippen LogP contribution in [0.1, 0.15) is 26.3 Å². The molecule has 1 rings (SSSR count). The van der Waals surface area contributed by atoms with Gasteiger partial charge in [0.1, 0.15) is 16.6 Å². The molecule has 82 valence electrons. The third-order valence-electron chi connectivity index (χ3n) is 2.71. The SMILES string of the molecule is CC(C)C(C)N(C)c1snc(N)c1C#N. The summed E-state index contributed by atoms with van der Waals surface area (Å²) in [6.45, 7) is 6.43. The van der Waals surface area contributed by atoms with Gasteiger partial charge >= 0.3 is 0 Å². The lowest BCUT2D eigenvalue weighted by atomic mass is 10.1. The van der Waals surface area contributed by atoms with Crippen LogP contribution >= 0.6 is 11.5 Å². The highest BCUT2D eigenvalue weighted by Gasteiger charge is 2.20. The van der Waals surface area contributed by atoms with Gasteiger partial charge in [0.25, 0.3) is 0 Å². The Labute approximate surface area is 94.5 Å². The van der Waals surface area contributed by atoms with Gasteiger partial charge in [0.2, 0.25) is 0 Å². The molecule has 15 heavy (non-hydrogen) atoms. The number of nitrogens with two attached hydrogens (primary N) is 1. The Kier molecular flexibility index (Phi) is 3.53. The predicted molar refractivity (Wildman–Crippen MR) is 63.9 cm³/mol. The van der Waals surface area contributed by atoms with Gasteiger partial charge in [0.15, 0.2) is 5.82 Å². The topological polar surface area (TPSA) is 65.9 Å². The number of hydrogen-bond acceptors (Lipinski definition) is 5. The largest absolute Gasteiger partial charge is 0.382 e. The average molecular weight is 224 g/mol. The lowest BCUT2D eigenvalue weighted by Crippen LogP contribution is -2.32. The molecule has 0 fully saturated rings. The van der Waals surface area contributed by atoms with Crippen LogP contribution in [0, 0.1) is 17.2 Å². The fourth-order valence-electron chi connectivity index (χ4n) is 1.27. The van der Waals surface area contributed by atoms with E-state index in [1.165, 1.54) is 11.5 Å². The van der Waals surface area contributed by atoms with Crippen molar-refractivity contribution in [2.75, 3.05) is 17.7 Å². The second-order valence-electron chi connectivity index (χ2n) is 3.96. The van der Waals surface area contributed by atoms with Crippen LogP contribution in [0.4, 0.5) is 10.8 Å². The van der Waals surface area contributed by atoms with Crippen LogP contribution in [0.3, 0.4) is 0 Å². The molecule has 0 spiro atoms. The minimum atomic E-state index is 0.334. The zero-order valence-electron chi connectivity index (χ0n) is 9.48. The van der Waals surface area contributed by atoms with Gasteiger partial charge in [-0.15, -0.1) is 0 Å². The maximum atomic E-state index is 8.97. The maximum absolute atomic E-state index is 8.97. The lowest BCUT2D eigenvalue weighted by Gasteiger charge is -2.28. The van der Waals surface area contributed by atoms with Crippen LogP contribution in [0.25, 0.3) is 0 Å². The summed E-state index contributed by atoms with van der Waals surface area (Å²) in [6, 6.07) is 2.46. The average Bonchev–Trinajstić information content (AvgIpc) is 2.57.